The van der Waals surface area contributed by atoms with Gasteiger partial charge in [-0.15, -0.1) is 11.8 Å². The minimum Gasteiger partial charge on any atom is -0.506 e. The van der Waals surface area contributed by atoms with Crippen LogP contribution in [0.1, 0.15) is 25.3 Å². The zero-order chi connectivity index (χ0) is 23.7. The van der Waals surface area contributed by atoms with Gasteiger partial charge in [-0.2, -0.15) is 0 Å². The molecule has 1 N–H and O–H groups in total. The highest BCUT2D eigenvalue weighted by molar-refractivity contribution is 7.98. The van der Waals surface area contributed by atoms with Crippen LogP contribution in [0.15, 0.2) is 29.3 Å². The van der Waals surface area contributed by atoms with Crippen LogP contribution in [0, 0.1) is 0 Å². The zero-order valence-electron chi connectivity index (χ0n) is 19.3. The van der Waals surface area contributed by atoms with E-state index in [1.807, 2.05) is 13.1 Å². The van der Waals surface area contributed by atoms with Crippen molar-refractivity contribution in [3.8, 4) is 5.75 Å². The lowest BCUT2D eigenvalue weighted by Crippen LogP contribution is -2.49. The molecule has 0 radical (unpaired) electrons. The number of imide groups is 1. The molecule has 1 aromatic heterocycles. The molecule has 3 heterocycles. The summed E-state index contributed by atoms with van der Waals surface area (Å²) in [5.74, 6) is -0.554. The Labute approximate surface area is 197 Å². The lowest BCUT2D eigenvalue weighted by molar-refractivity contribution is -0.138. The van der Waals surface area contributed by atoms with Crippen molar-refractivity contribution in [2.45, 2.75) is 31.2 Å². The maximum absolute atomic E-state index is 12.7. The van der Waals surface area contributed by atoms with Crippen LogP contribution in [0.5, 0.6) is 5.75 Å². The summed E-state index contributed by atoms with van der Waals surface area (Å²) in [6.45, 7) is 4.53. The Balaban J connectivity index is 1.49. The number of aromatic hydroxyl groups is 1. The zero-order valence-corrected chi connectivity index (χ0v) is 20.2. The van der Waals surface area contributed by atoms with Crippen molar-refractivity contribution in [2.24, 2.45) is 7.05 Å². The highest BCUT2D eigenvalue weighted by Gasteiger charge is 2.28. The summed E-state index contributed by atoms with van der Waals surface area (Å²) in [5, 5.41) is 13.2. The van der Waals surface area contributed by atoms with Gasteiger partial charge in [-0.1, -0.05) is 13.3 Å². The number of carbonyl (C=O) groups excluding carboxylic acids is 3. The number of fused-ring (bicyclic) bond motifs is 1. The SMILES string of the molecule is CCCc1c(SC)n(C)c2c(N3CCN(C(=O)CCN4C(=O)C=CC4=O)CC3)c(O)ccc12. The molecule has 2 aliphatic heterocycles. The van der Waals surface area contributed by atoms with E-state index in [9.17, 15) is 19.5 Å². The van der Waals surface area contributed by atoms with E-state index in [-0.39, 0.29) is 36.4 Å². The van der Waals surface area contributed by atoms with Crippen LogP contribution in [-0.4, -0.2) is 76.2 Å². The number of carbonyl (C=O) groups is 3. The van der Waals surface area contributed by atoms with Crippen LogP contribution in [0.25, 0.3) is 10.9 Å². The molecule has 1 aromatic carbocycles. The maximum atomic E-state index is 12.7. The van der Waals surface area contributed by atoms with Gasteiger partial charge in [-0.05, 0) is 30.4 Å². The molecule has 0 unspecified atom stereocenters. The molecule has 2 aliphatic rings. The standard InChI is InChI=1S/C24H30N4O4S/c1-4-5-17-16-6-7-18(29)23(22(16)25(2)24(17)33-3)27-14-12-26(13-15-27)19(30)10-11-28-20(31)8-9-21(28)32/h6-9,29H,4-5,10-15H2,1-3H3. The highest BCUT2D eigenvalue weighted by Crippen LogP contribution is 2.42. The molecule has 0 atom stereocenters. The van der Waals surface area contributed by atoms with E-state index in [2.05, 4.69) is 22.6 Å². The Morgan fingerprint density at radius 1 is 1.09 bits per heavy atom. The minimum atomic E-state index is -0.365. The van der Waals surface area contributed by atoms with Crippen molar-refractivity contribution >= 4 is 46.1 Å². The number of aryl methyl sites for hydroxylation is 2. The van der Waals surface area contributed by atoms with Crippen molar-refractivity contribution in [1.82, 2.24) is 14.4 Å². The van der Waals surface area contributed by atoms with E-state index >= 15 is 0 Å². The van der Waals surface area contributed by atoms with Crippen LogP contribution >= 0.6 is 11.8 Å². The molecule has 1 saturated heterocycles. The second-order valence-corrected chi connectivity index (χ2v) is 9.20. The van der Waals surface area contributed by atoms with Gasteiger partial charge in [0.05, 0.1) is 10.5 Å². The first-order chi connectivity index (χ1) is 15.9. The van der Waals surface area contributed by atoms with E-state index in [1.54, 1.807) is 22.7 Å². The number of hydrogen-bond acceptors (Lipinski definition) is 6. The molecule has 0 spiro atoms. The topological polar surface area (TPSA) is 86.1 Å². The van der Waals surface area contributed by atoms with E-state index in [1.165, 1.54) is 28.1 Å². The normalized spacial score (nSPS) is 16.5. The molecule has 176 valence electrons. The van der Waals surface area contributed by atoms with Crippen LogP contribution in [-0.2, 0) is 27.9 Å². The van der Waals surface area contributed by atoms with Gasteiger partial charge in [0, 0.05) is 63.7 Å². The Morgan fingerprint density at radius 3 is 2.36 bits per heavy atom. The first kappa shape index (κ1) is 23.2. The molecular weight excluding hydrogens is 440 g/mol. The first-order valence-corrected chi connectivity index (χ1v) is 12.5. The van der Waals surface area contributed by atoms with Crippen molar-refractivity contribution in [2.75, 3.05) is 43.9 Å². The Bertz CT molecular complexity index is 1110. The number of anilines is 1. The summed E-state index contributed by atoms with van der Waals surface area (Å²) in [6.07, 6.45) is 6.70. The van der Waals surface area contributed by atoms with E-state index in [0.29, 0.717) is 26.2 Å². The van der Waals surface area contributed by atoms with Crippen molar-refractivity contribution in [3.05, 3.63) is 29.8 Å². The Morgan fingerprint density at radius 2 is 1.76 bits per heavy atom. The number of phenols is 1. The fourth-order valence-corrected chi connectivity index (χ4v) is 5.65. The second-order valence-electron chi connectivity index (χ2n) is 8.41. The molecular formula is C24H30N4O4S. The molecule has 0 bridgehead atoms. The van der Waals surface area contributed by atoms with Crippen LogP contribution in [0.4, 0.5) is 5.69 Å². The van der Waals surface area contributed by atoms with Gasteiger partial charge in [0.1, 0.15) is 11.4 Å². The lowest BCUT2D eigenvalue weighted by Gasteiger charge is -2.37. The molecule has 2 aromatic rings. The molecule has 0 aliphatic carbocycles. The third-order valence-electron chi connectivity index (χ3n) is 6.45. The number of phenolic OH excluding ortho intramolecular Hbond substituents is 1. The fraction of sp³-hybridized carbons (Fsp3) is 0.458. The van der Waals surface area contributed by atoms with Gasteiger partial charge in [0.25, 0.3) is 11.8 Å². The van der Waals surface area contributed by atoms with Gasteiger partial charge in [0.2, 0.25) is 5.91 Å². The molecule has 8 nitrogen and oxygen atoms in total. The number of nitrogens with zero attached hydrogens (tertiary/aromatic N) is 4. The van der Waals surface area contributed by atoms with E-state index < -0.39 is 0 Å². The Kier molecular flexibility index (Phi) is 6.69. The van der Waals surface area contributed by atoms with Gasteiger partial charge >= 0.3 is 0 Å². The minimum absolute atomic E-state index is 0.0710. The van der Waals surface area contributed by atoms with Crippen LogP contribution in [0.2, 0.25) is 0 Å². The average Bonchev–Trinajstić information content (AvgIpc) is 3.27. The fourth-order valence-electron chi connectivity index (χ4n) is 4.83. The largest absolute Gasteiger partial charge is 0.506 e. The highest BCUT2D eigenvalue weighted by atomic mass is 32.2. The average molecular weight is 471 g/mol. The summed E-state index contributed by atoms with van der Waals surface area (Å²) in [6, 6.07) is 3.78. The Hall–Kier alpha value is -2.94. The number of thioether (sulfide) groups is 1. The monoisotopic (exact) mass is 470 g/mol. The lowest BCUT2D eigenvalue weighted by atomic mass is 10.1. The molecule has 1 fully saturated rings. The maximum Gasteiger partial charge on any atom is 0.253 e. The molecule has 4 rings (SSSR count). The van der Waals surface area contributed by atoms with Gasteiger partial charge in [0.15, 0.2) is 0 Å². The number of piperazine rings is 1. The summed E-state index contributed by atoms with van der Waals surface area (Å²) >= 11 is 1.72. The van der Waals surface area contributed by atoms with Crippen molar-refractivity contribution in [1.29, 1.82) is 0 Å². The predicted octanol–water partition coefficient (Wildman–Crippen LogP) is 2.52. The van der Waals surface area contributed by atoms with E-state index in [0.717, 1.165) is 28.9 Å². The molecule has 3 amide bonds. The number of hydrogen-bond donors (Lipinski definition) is 1. The number of amides is 3. The predicted molar refractivity (Wildman–Crippen MR) is 130 cm³/mol. The summed E-state index contributed by atoms with van der Waals surface area (Å²) < 4.78 is 2.18. The van der Waals surface area contributed by atoms with E-state index in [4.69, 9.17) is 0 Å². The van der Waals surface area contributed by atoms with Gasteiger partial charge in [-0.25, -0.2) is 0 Å². The third-order valence-corrected chi connectivity index (χ3v) is 7.35. The third kappa shape index (κ3) is 4.21. The molecule has 0 saturated carbocycles. The van der Waals surface area contributed by atoms with Crippen LogP contribution in [0.3, 0.4) is 0 Å². The smallest absolute Gasteiger partial charge is 0.253 e. The van der Waals surface area contributed by atoms with Crippen molar-refractivity contribution < 1.29 is 19.5 Å². The van der Waals surface area contributed by atoms with Gasteiger partial charge < -0.3 is 19.5 Å². The quantitative estimate of drug-likeness (QED) is 0.494. The summed E-state index contributed by atoms with van der Waals surface area (Å²) in [5.41, 5.74) is 3.17. The number of benzene rings is 1. The summed E-state index contributed by atoms with van der Waals surface area (Å²) in [4.78, 5) is 41.1. The number of rotatable bonds is 7. The van der Waals surface area contributed by atoms with Crippen molar-refractivity contribution in [3.63, 3.8) is 0 Å². The second kappa shape index (κ2) is 9.51. The first-order valence-electron chi connectivity index (χ1n) is 11.3. The molecule has 9 heteroatoms. The molecule has 33 heavy (non-hydrogen) atoms. The summed E-state index contributed by atoms with van der Waals surface area (Å²) in [7, 11) is 2.05. The van der Waals surface area contributed by atoms with Gasteiger partial charge in [-0.3, -0.25) is 19.3 Å². The van der Waals surface area contributed by atoms with Crippen LogP contribution < -0.4 is 4.90 Å². The number of aromatic nitrogens is 1.